The molecule has 1 aromatic rings. The van der Waals surface area contributed by atoms with E-state index in [1.165, 1.54) is 0 Å². The largest absolute Gasteiger partial charge is 0.347 e. The van der Waals surface area contributed by atoms with Crippen LogP contribution in [0, 0.1) is 0 Å². The van der Waals surface area contributed by atoms with Crippen LogP contribution in [0.4, 0.5) is 0 Å². The van der Waals surface area contributed by atoms with Crippen LogP contribution in [-0.4, -0.2) is 30.1 Å². The molecule has 0 unspecified atom stereocenters. The lowest BCUT2D eigenvalue weighted by Gasteiger charge is -2.25. The normalized spacial score (nSPS) is 16.5. The van der Waals surface area contributed by atoms with Crippen molar-refractivity contribution in [2.45, 2.75) is 25.8 Å². The molecular weight excluding hydrogens is 226 g/mol. The van der Waals surface area contributed by atoms with E-state index in [9.17, 15) is 4.79 Å². The number of aromatic nitrogens is 1. The van der Waals surface area contributed by atoms with Gasteiger partial charge in [0, 0.05) is 18.8 Å². The molecule has 2 heterocycles. The number of nitrogens with one attached hydrogen (secondary N) is 2. The smallest absolute Gasteiger partial charge is 0.268 e. The Bertz CT molecular complexity index is 430. The predicted molar refractivity (Wildman–Crippen MR) is 72.7 cm³/mol. The minimum atomic E-state index is -0.0125. The van der Waals surface area contributed by atoms with Crippen LogP contribution in [0.25, 0.3) is 0 Å². The van der Waals surface area contributed by atoms with Gasteiger partial charge in [-0.1, -0.05) is 12.2 Å². The Morgan fingerprint density at radius 1 is 1.56 bits per heavy atom. The van der Waals surface area contributed by atoms with Crippen LogP contribution >= 0.6 is 0 Å². The number of hydrogen-bond acceptors (Lipinski definition) is 2. The van der Waals surface area contributed by atoms with Crippen LogP contribution in [-0.2, 0) is 0 Å². The third-order valence-electron chi connectivity index (χ3n) is 3.26. The Morgan fingerprint density at radius 3 is 2.94 bits per heavy atom. The quantitative estimate of drug-likeness (QED) is 0.796. The first-order chi connectivity index (χ1) is 8.68. The van der Waals surface area contributed by atoms with Gasteiger partial charge in [0.15, 0.2) is 0 Å². The van der Waals surface area contributed by atoms with Crippen LogP contribution in [0.2, 0.25) is 0 Å². The number of carbonyl (C=O) groups excluding carboxylic acids is 1. The average molecular weight is 247 g/mol. The monoisotopic (exact) mass is 247 g/mol. The van der Waals surface area contributed by atoms with Crippen LogP contribution in [0.5, 0.6) is 0 Å². The highest BCUT2D eigenvalue weighted by molar-refractivity contribution is 5.92. The first-order valence-corrected chi connectivity index (χ1v) is 6.48. The van der Waals surface area contributed by atoms with E-state index in [-0.39, 0.29) is 5.91 Å². The summed E-state index contributed by atoms with van der Waals surface area (Å²) in [4.78, 5) is 12.1. The van der Waals surface area contributed by atoms with Gasteiger partial charge in [-0.2, -0.15) is 0 Å². The highest BCUT2D eigenvalue weighted by Crippen LogP contribution is 2.21. The molecule has 4 nitrogen and oxygen atoms in total. The molecule has 18 heavy (non-hydrogen) atoms. The van der Waals surface area contributed by atoms with Crippen molar-refractivity contribution in [2.24, 2.45) is 0 Å². The van der Waals surface area contributed by atoms with Crippen molar-refractivity contribution in [3.8, 4) is 0 Å². The maximum Gasteiger partial charge on any atom is 0.268 e. The summed E-state index contributed by atoms with van der Waals surface area (Å²) in [6, 6.07) is 4.26. The van der Waals surface area contributed by atoms with Crippen molar-refractivity contribution >= 4 is 5.91 Å². The summed E-state index contributed by atoms with van der Waals surface area (Å²) in [6.07, 6.45) is 4.16. The number of rotatable bonds is 4. The maximum absolute atomic E-state index is 12.1. The number of carbonyl (C=O) groups is 1. The van der Waals surface area contributed by atoms with Gasteiger partial charge >= 0.3 is 0 Å². The van der Waals surface area contributed by atoms with Gasteiger partial charge in [-0.15, -0.1) is 0 Å². The van der Waals surface area contributed by atoms with Gasteiger partial charge in [0.1, 0.15) is 5.69 Å². The molecule has 1 aromatic heterocycles. The van der Waals surface area contributed by atoms with Gasteiger partial charge in [0.2, 0.25) is 0 Å². The standard InChI is InChI=1S/C14H21N3O/c1-11(2)10-16-14(18)13-4-3-9-17(13)12-5-7-15-8-6-12/h3-4,9,12,15H,1,5-8,10H2,2H3,(H,16,18). The topological polar surface area (TPSA) is 46.1 Å². The lowest BCUT2D eigenvalue weighted by molar-refractivity contribution is 0.0944. The summed E-state index contributed by atoms with van der Waals surface area (Å²) in [6.45, 7) is 8.28. The second kappa shape index (κ2) is 5.87. The Labute approximate surface area is 108 Å². The molecule has 0 spiro atoms. The molecule has 1 amide bonds. The zero-order chi connectivity index (χ0) is 13.0. The van der Waals surface area contributed by atoms with E-state index in [1.807, 2.05) is 25.3 Å². The molecule has 0 radical (unpaired) electrons. The molecule has 0 bridgehead atoms. The Morgan fingerprint density at radius 2 is 2.28 bits per heavy atom. The van der Waals surface area contributed by atoms with Crippen molar-refractivity contribution in [1.82, 2.24) is 15.2 Å². The number of nitrogens with zero attached hydrogens (tertiary/aromatic N) is 1. The molecule has 0 aliphatic carbocycles. The summed E-state index contributed by atoms with van der Waals surface area (Å²) < 4.78 is 2.11. The van der Waals surface area contributed by atoms with E-state index < -0.39 is 0 Å². The molecule has 4 heteroatoms. The third kappa shape index (κ3) is 3.01. The number of amides is 1. The highest BCUT2D eigenvalue weighted by Gasteiger charge is 2.19. The summed E-state index contributed by atoms with van der Waals surface area (Å²) in [5, 5.41) is 6.23. The van der Waals surface area contributed by atoms with E-state index in [0.29, 0.717) is 12.6 Å². The first kappa shape index (κ1) is 12.9. The number of piperidine rings is 1. The van der Waals surface area contributed by atoms with E-state index in [4.69, 9.17) is 0 Å². The van der Waals surface area contributed by atoms with Gasteiger partial charge in [-0.3, -0.25) is 4.79 Å². The molecule has 2 rings (SSSR count). The fourth-order valence-corrected chi connectivity index (χ4v) is 2.31. The summed E-state index contributed by atoms with van der Waals surface area (Å²) in [5.74, 6) is -0.0125. The molecule has 1 fully saturated rings. The zero-order valence-corrected chi connectivity index (χ0v) is 10.9. The van der Waals surface area contributed by atoms with Crippen molar-refractivity contribution in [3.05, 3.63) is 36.2 Å². The average Bonchev–Trinajstić information content (AvgIpc) is 2.86. The fourth-order valence-electron chi connectivity index (χ4n) is 2.31. The minimum absolute atomic E-state index is 0.0125. The van der Waals surface area contributed by atoms with Crippen molar-refractivity contribution in [3.63, 3.8) is 0 Å². The molecular formula is C14H21N3O. The summed E-state index contributed by atoms with van der Waals surface area (Å²) in [7, 11) is 0. The molecule has 98 valence electrons. The van der Waals surface area contributed by atoms with Crippen LogP contribution in [0.1, 0.15) is 36.3 Å². The van der Waals surface area contributed by atoms with Crippen LogP contribution < -0.4 is 10.6 Å². The van der Waals surface area contributed by atoms with E-state index in [0.717, 1.165) is 37.2 Å². The number of hydrogen-bond donors (Lipinski definition) is 2. The Kier molecular flexibility index (Phi) is 4.20. The van der Waals surface area contributed by atoms with Crippen molar-refractivity contribution in [2.75, 3.05) is 19.6 Å². The highest BCUT2D eigenvalue weighted by atomic mass is 16.1. The van der Waals surface area contributed by atoms with Gasteiger partial charge in [0.25, 0.3) is 5.91 Å². The van der Waals surface area contributed by atoms with Crippen LogP contribution in [0.3, 0.4) is 0 Å². The van der Waals surface area contributed by atoms with E-state index in [2.05, 4.69) is 21.8 Å². The van der Waals surface area contributed by atoms with Gasteiger partial charge < -0.3 is 15.2 Å². The lowest BCUT2D eigenvalue weighted by Crippen LogP contribution is -2.32. The lowest BCUT2D eigenvalue weighted by atomic mass is 10.1. The molecule has 1 aliphatic heterocycles. The molecule has 0 aromatic carbocycles. The SMILES string of the molecule is C=C(C)CNC(=O)c1cccn1C1CCNCC1. The van der Waals surface area contributed by atoms with Crippen LogP contribution in [0.15, 0.2) is 30.5 Å². The second-order valence-corrected chi connectivity index (χ2v) is 4.92. The molecule has 0 saturated carbocycles. The second-order valence-electron chi connectivity index (χ2n) is 4.92. The van der Waals surface area contributed by atoms with Gasteiger partial charge in [-0.25, -0.2) is 0 Å². The van der Waals surface area contributed by atoms with E-state index in [1.54, 1.807) is 0 Å². The Hall–Kier alpha value is -1.55. The maximum atomic E-state index is 12.1. The summed E-state index contributed by atoms with van der Waals surface area (Å²) >= 11 is 0. The molecule has 0 atom stereocenters. The first-order valence-electron chi connectivity index (χ1n) is 6.48. The zero-order valence-electron chi connectivity index (χ0n) is 10.9. The van der Waals surface area contributed by atoms with E-state index >= 15 is 0 Å². The van der Waals surface area contributed by atoms with Crippen molar-refractivity contribution in [1.29, 1.82) is 0 Å². The van der Waals surface area contributed by atoms with Crippen molar-refractivity contribution < 1.29 is 4.79 Å². The Balaban J connectivity index is 2.06. The molecule has 1 saturated heterocycles. The minimum Gasteiger partial charge on any atom is -0.347 e. The van der Waals surface area contributed by atoms with Gasteiger partial charge in [-0.05, 0) is 45.0 Å². The molecule has 2 N–H and O–H groups in total. The predicted octanol–water partition coefficient (Wildman–Crippen LogP) is 1.72. The summed E-state index contributed by atoms with van der Waals surface area (Å²) in [5.41, 5.74) is 1.71. The third-order valence-corrected chi connectivity index (χ3v) is 3.26. The van der Waals surface area contributed by atoms with Gasteiger partial charge in [0.05, 0.1) is 0 Å². The molecule has 1 aliphatic rings. The fraction of sp³-hybridized carbons (Fsp3) is 0.500.